The third kappa shape index (κ3) is 10.2. The molecule has 3 heteroatoms. The zero-order valence-corrected chi connectivity index (χ0v) is 12.2. The SMILES string of the molecule is CSC/C=C\C=C\CCCOC(=O)C(C)(C)C. The highest BCUT2D eigenvalue weighted by Crippen LogP contribution is 2.15. The summed E-state index contributed by atoms with van der Waals surface area (Å²) in [4.78, 5) is 11.4. The number of thioether (sulfide) groups is 1. The van der Waals surface area contributed by atoms with Crippen LogP contribution in [0.1, 0.15) is 33.6 Å². The number of hydrogen-bond donors (Lipinski definition) is 0. The maximum absolute atomic E-state index is 11.4. The van der Waals surface area contributed by atoms with E-state index >= 15 is 0 Å². The van der Waals surface area contributed by atoms with E-state index in [2.05, 4.69) is 24.5 Å². The second-order valence-corrected chi connectivity index (χ2v) is 5.75. The van der Waals surface area contributed by atoms with Crippen LogP contribution in [-0.4, -0.2) is 24.6 Å². The zero-order chi connectivity index (χ0) is 13.1. The number of esters is 1. The van der Waals surface area contributed by atoms with Crippen molar-refractivity contribution in [2.24, 2.45) is 5.41 Å². The Morgan fingerprint density at radius 3 is 2.47 bits per heavy atom. The highest BCUT2D eigenvalue weighted by atomic mass is 32.2. The second-order valence-electron chi connectivity index (χ2n) is 4.84. The Bertz CT molecular complexity index is 262. The largest absolute Gasteiger partial charge is 0.465 e. The third-order valence-electron chi connectivity index (χ3n) is 2.01. The average molecular weight is 256 g/mol. The van der Waals surface area contributed by atoms with Crippen LogP contribution < -0.4 is 0 Å². The fraction of sp³-hybridized carbons (Fsp3) is 0.643. The molecule has 0 heterocycles. The standard InChI is InChI=1S/C14H24O2S/c1-14(2,3)13(15)16-11-9-7-5-6-8-10-12-17-4/h5-6,8,10H,7,9,11-12H2,1-4H3/b6-5+,10-8-. The molecule has 0 aromatic heterocycles. The number of rotatable bonds is 7. The Kier molecular flexibility index (Phi) is 8.96. The Balaban J connectivity index is 3.50. The molecule has 98 valence electrons. The molecule has 17 heavy (non-hydrogen) atoms. The lowest BCUT2D eigenvalue weighted by molar-refractivity contribution is -0.152. The lowest BCUT2D eigenvalue weighted by Crippen LogP contribution is -2.23. The molecule has 0 saturated heterocycles. The molecule has 0 aliphatic heterocycles. The first-order valence-electron chi connectivity index (χ1n) is 5.96. The van der Waals surface area contributed by atoms with Gasteiger partial charge in [0.25, 0.3) is 0 Å². The van der Waals surface area contributed by atoms with Gasteiger partial charge in [-0.15, -0.1) is 0 Å². The maximum Gasteiger partial charge on any atom is 0.311 e. The number of ether oxygens (including phenoxy) is 1. The van der Waals surface area contributed by atoms with Gasteiger partial charge in [-0.1, -0.05) is 24.3 Å². The first kappa shape index (κ1) is 16.3. The second kappa shape index (κ2) is 9.34. The summed E-state index contributed by atoms with van der Waals surface area (Å²) < 4.78 is 5.16. The van der Waals surface area contributed by atoms with Crippen molar-refractivity contribution >= 4 is 17.7 Å². The highest BCUT2D eigenvalue weighted by Gasteiger charge is 2.22. The summed E-state index contributed by atoms with van der Waals surface area (Å²) in [5, 5.41) is 0. The van der Waals surface area contributed by atoms with Crippen molar-refractivity contribution in [3.8, 4) is 0 Å². The Labute approximate surface area is 110 Å². The lowest BCUT2D eigenvalue weighted by atomic mass is 9.97. The van der Waals surface area contributed by atoms with Gasteiger partial charge in [-0.25, -0.2) is 0 Å². The molecular weight excluding hydrogens is 232 g/mol. The van der Waals surface area contributed by atoms with Crippen LogP contribution in [0.5, 0.6) is 0 Å². The molecule has 0 spiro atoms. The van der Waals surface area contributed by atoms with Crippen molar-refractivity contribution in [3.63, 3.8) is 0 Å². The first-order chi connectivity index (χ1) is 7.98. The van der Waals surface area contributed by atoms with Crippen LogP contribution in [-0.2, 0) is 9.53 Å². The van der Waals surface area contributed by atoms with Crippen molar-refractivity contribution in [1.29, 1.82) is 0 Å². The summed E-state index contributed by atoms with van der Waals surface area (Å²) in [7, 11) is 0. The maximum atomic E-state index is 11.4. The van der Waals surface area contributed by atoms with Crippen LogP contribution in [0.2, 0.25) is 0 Å². The van der Waals surface area contributed by atoms with Gasteiger partial charge in [-0.05, 0) is 39.9 Å². The number of carbonyl (C=O) groups is 1. The van der Waals surface area contributed by atoms with Gasteiger partial charge < -0.3 is 4.74 Å². The van der Waals surface area contributed by atoms with Crippen LogP contribution in [0.4, 0.5) is 0 Å². The molecule has 0 aromatic rings. The molecule has 0 aliphatic carbocycles. The van der Waals surface area contributed by atoms with E-state index in [9.17, 15) is 4.79 Å². The van der Waals surface area contributed by atoms with Gasteiger partial charge in [-0.2, -0.15) is 11.8 Å². The Hall–Kier alpha value is -0.700. The molecular formula is C14H24O2S. The summed E-state index contributed by atoms with van der Waals surface area (Å²) in [6.07, 6.45) is 12.2. The smallest absolute Gasteiger partial charge is 0.311 e. The van der Waals surface area contributed by atoms with E-state index in [4.69, 9.17) is 4.74 Å². The normalized spacial score (nSPS) is 12.5. The van der Waals surface area contributed by atoms with Gasteiger partial charge in [0.1, 0.15) is 0 Å². The van der Waals surface area contributed by atoms with Crippen LogP contribution in [0, 0.1) is 5.41 Å². The fourth-order valence-electron chi connectivity index (χ4n) is 0.988. The van der Waals surface area contributed by atoms with E-state index in [1.165, 1.54) is 0 Å². The van der Waals surface area contributed by atoms with Crippen LogP contribution >= 0.6 is 11.8 Å². The molecule has 0 aromatic carbocycles. The quantitative estimate of drug-likeness (QED) is 0.393. The number of unbranched alkanes of at least 4 members (excludes halogenated alkanes) is 1. The molecule has 0 N–H and O–H groups in total. The van der Waals surface area contributed by atoms with E-state index < -0.39 is 5.41 Å². The number of carbonyl (C=O) groups excluding carboxylic acids is 1. The van der Waals surface area contributed by atoms with Gasteiger partial charge in [0.2, 0.25) is 0 Å². The summed E-state index contributed by atoms with van der Waals surface area (Å²) in [6, 6.07) is 0. The Morgan fingerprint density at radius 2 is 1.88 bits per heavy atom. The van der Waals surface area contributed by atoms with Gasteiger partial charge in [0.15, 0.2) is 0 Å². The topological polar surface area (TPSA) is 26.3 Å². The van der Waals surface area contributed by atoms with E-state index in [1.807, 2.05) is 26.8 Å². The predicted octanol–water partition coefficient (Wildman–Crippen LogP) is 3.83. The van der Waals surface area contributed by atoms with E-state index in [-0.39, 0.29) is 5.97 Å². The van der Waals surface area contributed by atoms with Gasteiger partial charge in [-0.3, -0.25) is 4.79 Å². The summed E-state index contributed by atoms with van der Waals surface area (Å²) >= 11 is 1.80. The van der Waals surface area contributed by atoms with Gasteiger partial charge >= 0.3 is 5.97 Å². The van der Waals surface area contributed by atoms with Crippen molar-refractivity contribution < 1.29 is 9.53 Å². The number of hydrogen-bond acceptors (Lipinski definition) is 3. The van der Waals surface area contributed by atoms with E-state index in [1.54, 1.807) is 11.8 Å². The monoisotopic (exact) mass is 256 g/mol. The first-order valence-corrected chi connectivity index (χ1v) is 7.35. The van der Waals surface area contributed by atoms with Crippen LogP contribution in [0.25, 0.3) is 0 Å². The van der Waals surface area contributed by atoms with Crippen LogP contribution in [0.3, 0.4) is 0 Å². The molecule has 0 bridgehead atoms. The third-order valence-corrected chi connectivity index (χ3v) is 2.53. The molecule has 2 nitrogen and oxygen atoms in total. The van der Waals surface area contributed by atoms with E-state index in [0.29, 0.717) is 6.61 Å². The van der Waals surface area contributed by atoms with Crippen molar-refractivity contribution in [3.05, 3.63) is 24.3 Å². The summed E-state index contributed by atoms with van der Waals surface area (Å²) in [5.74, 6) is 0.925. The van der Waals surface area contributed by atoms with Gasteiger partial charge in [0, 0.05) is 5.75 Å². The Morgan fingerprint density at radius 1 is 1.24 bits per heavy atom. The lowest BCUT2D eigenvalue weighted by Gasteiger charge is -2.16. The van der Waals surface area contributed by atoms with Crippen LogP contribution in [0.15, 0.2) is 24.3 Å². The molecule has 0 unspecified atom stereocenters. The molecule has 0 fully saturated rings. The molecule has 0 atom stereocenters. The zero-order valence-electron chi connectivity index (χ0n) is 11.4. The summed E-state index contributed by atoms with van der Waals surface area (Å²) in [5.41, 5.74) is -0.392. The van der Waals surface area contributed by atoms with Crippen molar-refractivity contribution in [1.82, 2.24) is 0 Å². The van der Waals surface area contributed by atoms with Crippen molar-refractivity contribution in [2.45, 2.75) is 33.6 Å². The molecule has 0 radical (unpaired) electrons. The predicted molar refractivity (Wildman–Crippen MR) is 76.3 cm³/mol. The number of allylic oxidation sites excluding steroid dienone is 3. The average Bonchev–Trinajstić information content (AvgIpc) is 2.25. The minimum Gasteiger partial charge on any atom is -0.465 e. The molecule has 0 saturated carbocycles. The molecule has 0 rings (SSSR count). The molecule has 0 amide bonds. The molecule has 0 aliphatic rings. The minimum absolute atomic E-state index is 0.124. The fourth-order valence-corrected chi connectivity index (χ4v) is 1.29. The van der Waals surface area contributed by atoms with E-state index in [0.717, 1.165) is 18.6 Å². The summed E-state index contributed by atoms with van der Waals surface area (Å²) in [6.45, 7) is 6.11. The minimum atomic E-state index is -0.392. The van der Waals surface area contributed by atoms with Crippen molar-refractivity contribution in [2.75, 3.05) is 18.6 Å². The van der Waals surface area contributed by atoms with Gasteiger partial charge in [0.05, 0.1) is 12.0 Å². The highest BCUT2D eigenvalue weighted by molar-refractivity contribution is 7.98.